The lowest BCUT2D eigenvalue weighted by Gasteiger charge is -2.32. The van der Waals surface area contributed by atoms with Gasteiger partial charge < -0.3 is 0 Å². The average molecular weight is 272 g/mol. The minimum absolute atomic E-state index is 0.307. The van der Waals surface area contributed by atoms with Crippen molar-refractivity contribution < 1.29 is 0 Å². The van der Waals surface area contributed by atoms with Gasteiger partial charge in [-0.3, -0.25) is 4.98 Å². The third kappa shape index (κ3) is 3.35. The molecule has 0 N–H and O–H groups in total. The van der Waals surface area contributed by atoms with E-state index < -0.39 is 0 Å². The molecule has 0 bridgehead atoms. The third-order valence-electron chi connectivity index (χ3n) is 3.91. The molecule has 3 atom stereocenters. The molecule has 1 aromatic heterocycles. The van der Waals surface area contributed by atoms with Crippen molar-refractivity contribution in [2.75, 3.05) is 0 Å². The summed E-state index contributed by atoms with van der Waals surface area (Å²) >= 11 is 12.6. The van der Waals surface area contributed by atoms with Gasteiger partial charge in [-0.25, -0.2) is 0 Å². The van der Waals surface area contributed by atoms with Gasteiger partial charge in [-0.05, 0) is 49.1 Å². The van der Waals surface area contributed by atoms with Crippen LogP contribution in [0.15, 0.2) is 18.5 Å². The summed E-state index contributed by atoms with van der Waals surface area (Å²) in [6.45, 7) is 2.27. The SMILES string of the molecule is CCC1CCC(Cl)C(Cc2ccncc2Cl)C1. The lowest BCUT2D eigenvalue weighted by Crippen LogP contribution is -2.27. The van der Waals surface area contributed by atoms with E-state index in [0.717, 1.165) is 23.8 Å². The van der Waals surface area contributed by atoms with Crippen LogP contribution in [0.1, 0.15) is 38.2 Å². The minimum Gasteiger partial charge on any atom is -0.263 e. The number of rotatable bonds is 3. The Morgan fingerprint density at radius 1 is 1.41 bits per heavy atom. The average Bonchev–Trinajstić information content (AvgIpc) is 2.35. The highest BCUT2D eigenvalue weighted by Crippen LogP contribution is 2.36. The predicted molar refractivity (Wildman–Crippen MR) is 73.7 cm³/mol. The highest BCUT2D eigenvalue weighted by Gasteiger charge is 2.28. The van der Waals surface area contributed by atoms with E-state index in [1.54, 1.807) is 6.20 Å². The van der Waals surface area contributed by atoms with Gasteiger partial charge in [0.15, 0.2) is 0 Å². The first-order valence-electron chi connectivity index (χ1n) is 6.43. The van der Waals surface area contributed by atoms with E-state index in [0.29, 0.717) is 11.3 Å². The van der Waals surface area contributed by atoms with E-state index in [9.17, 15) is 0 Å². The van der Waals surface area contributed by atoms with Crippen molar-refractivity contribution in [3.8, 4) is 0 Å². The Morgan fingerprint density at radius 2 is 2.24 bits per heavy atom. The normalized spacial score (nSPS) is 29.2. The van der Waals surface area contributed by atoms with E-state index in [-0.39, 0.29) is 0 Å². The molecule has 0 spiro atoms. The van der Waals surface area contributed by atoms with Gasteiger partial charge in [-0.2, -0.15) is 0 Å². The van der Waals surface area contributed by atoms with Gasteiger partial charge >= 0.3 is 0 Å². The van der Waals surface area contributed by atoms with Crippen molar-refractivity contribution in [1.82, 2.24) is 4.98 Å². The summed E-state index contributed by atoms with van der Waals surface area (Å²) in [4.78, 5) is 4.02. The molecule has 1 fully saturated rings. The van der Waals surface area contributed by atoms with Crippen LogP contribution in [0.25, 0.3) is 0 Å². The molecule has 1 aromatic rings. The number of pyridine rings is 1. The second-order valence-corrected chi connectivity index (χ2v) is 6.00. The van der Waals surface area contributed by atoms with Gasteiger partial charge in [0.2, 0.25) is 0 Å². The van der Waals surface area contributed by atoms with Gasteiger partial charge in [-0.1, -0.05) is 24.9 Å². The zero-order chi connectivity index (χ0) is 12.3. The number of nitrogens with zero attached hydrogens (tertiary/aromatic N) is 1. The van der Waals surface area contributed by atoms with Crippen LogP contribution in [0.3, 0.4) is 0 Å². The molecule has 0 radical (unpaired) electrons. The molecule has 0 aliphatic heterocycles. The van der Waals surface area contributed by atoms with E-state index in [1.807, 2.05) is 12.3 Å². The Morgan fingerprint density at radius 3 is 2.94 bits per heavy atom. The fourth-order valence-corrected chi connectivity index (χ4v) is 3.27. The maximum atomic E-state index is 6.45. The van der Waals surface area contributed by atoms with Crippen molar-refractivity contribution in [3.63, 3.8) is 0 Å². The summed E-state index contributed by atoms with van der Waals surface area (Å²) in [5.74, 6) is 1.41. The van der Waals surface area contributed by atoms with Gasteiger partial charge in [0.05, 0.1) is 5.02 Å². The van der Waals surface area contributed by atoms with E-state index in [2.05, 4.69) is 11.9 Å². The van der Waals surface area contributed by atoms with Crippen LogP contribution in [0.4, 0.5) is 0 Å². The molecular weight excluding hydrogens is 253 g/mol. The summed E-state index contributed by atoms with van der Waals surface area (Å²) < 4.78 is 0. The second-order valence-electron chi connectivity index (χ2n) is 5.03. The number of aromatic nitrogens is 1. The monoisotopic (exact) mass is 271 g/mol. The van der Waals surface area contributed by atoms with E-state index >= 15 is 0 Å². The maximum Gasteiger partial charge on any atom is 0.0621 e. The lowest BCUT2D eigenvalue weighted by atomic mass is 9.77. The van der Waals surface area contributed by atoms with Gasteiger partial charge in [0.1, 0.15) is 0 Å². The summed E-state index contributed by atoms with van der Waals surface area (Å²) in [5.41, 5.74) is 1.19. The molecule has 0 aromatic carbocycles. The Labute approximate surface area is 114 Å². The van der Waals surface area contributed by atoms with Crippen LogP contribution in [0.5, 0.6) is 0 Å². The van der Waals surface area contributed by atoms with Crippen molar-refractivity contribution in [3.05, 3.63) is 29.0 Å². The summed E-state index contributed by atoms with van der Waals surface area (Å²) in [6, 6.07) is 2.02. The predicted octanol–water partition coefficient (Wildman–Crippen LogP) is 4.71. The largest absolute Gasteiger partial charge is 0.263 e. The zero-order valence-corrected chi connectivity index (χ0v) is 11.7. The summed E-state index contributed by atoms with van der Waals surface area (Å²) in [6.07, 6.45) is 9.46. The second kappa shape index (κ2) is 6.06. The molecular formula is C14H19Cl2N. The summed E-state index contributed by atoms with van der Waals surface area (Å²) in [7, 11) is 0. The van der Waals surface area contributed by atoms with E-state index in [1.165, 1.54) is 24.8 Å². The molecule has 1 aliphatic carbocycles. The number of halogens is 2. The maximum absolute atomic E-state index is 6.45. The third-order valence-corrected chi connectivity index (χ3v) is 4.83. The van der Waals surface area contributed by atoms with Crippen molar-refractivity contribution in [2.24, 2.45) is 11.8 Å². The van der Waals surface area contributed by atoms with Crippen LogP contribution >= 0.6 is 23.2 Å². The van der Waals surface area contributed by atoms with Crippen LogP contribution < -0.4 is 0 Å². The number of hydrogen-bond donors (Lipinski definition) is 0. The quantitative estimate of drug-likeness (QED) is 0.726. The topological polar surface area (TPSA) is 12.9 Å². The molecule has 1 aliphatic rings. The minimum atomic E-state index is 0.307. The van der Waals surface area contributed by atoms with Crippen molar-refractivity contribution >= 4 is 23.2 Å². The first kappa shape index (κ1) is 13.2. The first-order chi connectivity index (χ1) is 8.20. The lowest BCUT2D eigenvalue weighted by molar-refractivity contribution is 0.265. The van der Waals surface area contributed by atoms with Crippen molar-refractivity contribution in [1.29, 1.82) is 0 Å². The molecule has 2 rings (SSSR count). The first-order valence-corrected chi connectivity index (χ1v) is 7.24. The molecule has 0 amide bonds. The Bertz CT molecular complexity index is 367. The Hall–Kier alpha value is -0.270. The van der Waals surface area contributed by atoms with Crippen LogP contribution in [-0.4, -0.2) is 10.4 Å². The standard InChI is InChI=1S/C14H19Cl2N/c1-2-10-3-4-13(15)12(7-10)8-11-5-6-17-9-14(11)16/h5-6,9-10,12-13H,2-4,7-8H2,1H3. The Kier molecular flexibility index (Phi) is 4.69. The molecule has 0 saturated heterocycles. The Balaban J connectivity index is 2.04. The summed E-state index contributed by atoms with van der Waals surface area (Å²) in [5, 5.41) is 1.08. The zero-order valence-electron chi connectivity index (χ0n) is 10.2. The fraction of sp³-hybridized carbons (Fsp3) is 0.643. The van der Waals surface area contributed by atoms with Gasteiger partial charge in [0.25, 0.3) is 0 Å². The highest BCUT2D eigenvalue weighted by atomic mass is 35.5. The molecule has 3 heteroatoms. The molecule has 94 valence electrons. The smallest absolute Gasteiger partial charge is 0.0621 e. The molecule has 1 heterocycles. The van der Waals surface area contributed by atoms with Gasteiger partial charge in [0, 0.05) is 17.8 Å². The number of alkyl halides is 1. The van der Waals surface area contributed by atoms with Crippen molar-refractivity contribution in [2.45, 2.75) is 44.4 Å². The molecule has 3 unspecified atom stereocenters. The van der Waals surface area contributed by atoms with Gasteiger partial charge in [-0.15, -0.1) is 11.6 Å². The molecule has 1 saturated carbocycles. The van der Waals surface area contributed by atoms with Crippen LogP contribution in [-0.2, 0) is 6.42 Å². The fourth-order valence-electron chi connectivity index (χ4n) is 2.76. The highest BCUT2D eigenvalue weighted by molar-refractivity contribution is 6.31. The molecule has 1 nitrogen and oxygen atoms in total. The number of hydrogen-bond acceptors (Lipinski definition) is 1. The van der Waals surface area contributed by atoms with Crippen LogP contribution in [0, 0.1) is 11.8 Å². The van der Waals surface area contributed by atoms with Crippen LogP contribution in [0.2, 0.25) is 5.02 Å². The molecule has 17 heavy (non-hydrogen) atoms. The van der Waals surface area contributed by atoms with E-state index in [4.69, 9.17) is 23.2 Å².